The Bertz CT molecular complexity index is 978. The molecule has 8 heteroatoms. The highest BCUT2D eigenvalue weighted by Gasteiger charge is 2.41. The maximum absolute atomic E-state index is 14.5. The highest BCUT2D eigenvalue weighted by molar-refractivity contribution is 5.80. The summed E-state index contributed by atoms with van der Waals surface area (Å²) in [6.07, 6.45) is 1.83. The van der Waals surface area contributed by atoms with Gasteiger partial charge < -0.3 is 20.7 Å². The van der Waals surface area contributed by atoms with Gasteiger partial charge >= 0.3 is 0 Å². The van der Waals surface area contributed by atoms with Crippen molar-refractivity contribution in [2.24, 2.45) is 11.7 Å². The molecule has 2 aromatic rings. The van der Waals surface area contributed by atoms with Crippen LogP contribution in [0.4, 0.5) is 8.78 Å². The minimum atomic E-state index is -0.727. The number of ether oxygens (including phenoxy) is 1. The second-order valence-corrected chi connectivity index (χ2v) is 8.47. The Morgan fingerprint density at radius 2 is 1.84 bits per heavy atom. The second-order valence-electron chi connectivity index (χ2n) is 8.47. The molecule has 1 saturated carbocycles. The average Bonchev–Trinajstić information content (AvgIpc) is 3.57. The van der Waals surface area contributed by atoms with Crippen molar-refractivity contribution in [2.45, 2.75) is 37.8 Å². The van der Waals surface area contributed by atoms with Gasteiger partial charge in [-0.15, -0.1) is 0 Å². The van der Waals surface area contributed by atoms with E-state index >= 15 is 0 Å². The number of amides is 2. The number of likely N-dealkylation sites (tertiary alicyclic amines) is 1. The summed E-state index contributed by atoms with van der Waals surface area (Å²) in [6, 6.07) is 11.5. The molecule has 170 valence electrons. The molecule has 6 nitrogen and oxygen atoms in total. The van der Waals surface area contributed by atoms with Crippen LogP contribution in [-0.4, -0.2) is 42.4 Å². The number of carbonyl (C=O) groups excluding carboxylic acids is 2. The van der Waals surface area contributed by atoms with Crippen LogP contribution < -0.4 is 15.8 Å². The molecule has 0 bridgehead atoms. The lowest BCUT2D eigenvalue weighted by atomic mass is 9.96. The molecule has 1 heterocycles. The van der Waals surface area contributed by atoms with Crippen LogP contribution in [0.2, 0.25) is 0 Å². The van der Waals surface area contributed by atoms with Crippen molar-refractivity contribution in [3.05, 3.63) is 65.2 Å². The van der Waals surface area contributed by atoms with Gasteiger partial charge in [0.05, 0.1) is 6.54 Å². The number of rotatable bonds is 8. The molecule has 2 fully saturated rings. The smallest absolute Gasteiger partial charge is 0.236 e. The Balaban J connectivity index is 1.33. The molecule has 3 N–H and O–H groups in total. The Morgan fingerprint density at radius 1 is 1.12 bits per heavy atom. The summed E-state index contributed by atoms with van der Waals surface area (Å²) in [5.41, 5.74) is 6.70. The van der Waals surface area contributed by atoms with Gasteiger partial charge in [0, 0.05) is 42.6 Å². The van der Waals surface area contributed by atoms with E-state index < -0.39 is 11.6 Å². The zero-order chi connectivity index (χ0) is 22.7. The lowest BCUT2D eigenvalue weighted by Crippen LogP contribution is -2.45. The zero-order valence-corrected chi connectivity index (χ0v) is 17.7. The van der Waals surface area contributed by atoms with Gasteiger partial charge in [-0.3, -0.25) is 9.59 Å². The van der Waals surface area contributed by atoms with Crippen molar-refractivity contribution >= 4 is 11.8 Å². The van der Waals surface area contributed by atoms with Crippen LogP contribution in [0.15, 0.2) is 42.5 Å². The largest absolute Gasteiger partial charge is 0.486 e. The van der Waals surface area contributed by atoms with Crippen molar-refractivity contribution in [1.29, 1.82) is 0 Å². The monoisotopic (exact) mass is 443 g/mol. The minimum Gasteiger partial charge on any atom is -0.486 e. The van der Waals surface area contributed by atoms with E-state index in [-0.39, 0.29) is 48.6 Å². The number of piperidine rings is 1. The van der Waals surface area contributed by atoms with Crippen LogP contribution in [0.5, 0.6) is 5.75 Å². The number of hydrogen-bond acceptors (Lipinski definition) is 4. The van der Waals surface area contributed by atoms with Gasteiger partial charge in [0.15, 0.2) is 11.6 Å². The van der Waals surface area contributed by atoms with Gasteiger partial charge in [0.2, 0.25) is 11.8 Å². The van der Waals surface area contributed by atoms with Crippen LogP contribution in [0.3, 0.4) is 0 Å². The molecule has 1 aliphatic carbocycles. The van der Waals surface area contributed by atoms with Crippen LogP contribution >= 0.6 is 0 Å². The van der Waals surface area contributed by atoms with Gasteiger partial charge in [-0.05, 0) is 30.9 Å². The highest BCUT2D eigenvalue weighted by atomic mass is 19.1. The van der Waals surface area contributed by atoms with Crippen molar-refractivity contribution in [3.8, 4) is 5.75 Å². The molecule has 2 aliphatic rings. The summed E-state index contributed by atoms with van der Waals surface area (Å²) in [4.78, 5) is 25.5. The molecule has 1 saturated heterocycles. The zero-order valence-electron chi connectivity index (χ0n) is 17.7. The van der Waals surface area contributed by atoms with Crippen molar-refractivity contribution in [3.63, 3.8) is 0 Å². The standard InChI is InChI=1S/C24H27F2N3O3/c25-17-10-19(23(20(26)11-17)32-14-15-4-2-1-3-5-15)18-12-21(18)28-13-22(30)29-8-6-16(7-9-29)24(27)31/h1-5,10-11,16,18,21,28H,6-9,12-14H2,(H2,27,31). The third-order valence-electron chi connectivity index (χ3n) is 6.22. The van der Waals surface area contributed by atoms with E-state index in [2.05, 4.69) is 5.32 Å². The van der Waals surface area contributed by atoms with Crippen LogP contribution in [-0.2, 0) is 16.2 Å². The van der Waals surface area contributed by atoms with E-state index in [1.165, 1.54) is 6.07 Å². The number of nitrogens with one attached hydrogen (secondary N) is 1. The molecule has 2 aromatic carbocycles. The third kappa shape index (κ3) is 5.24. The first-order valence-corrected chi connectivity index (χ1v) is 10.9. The van der Waals surface area contributed by atoms with E-state index in [1.54, 1.807) is 4.90 Å². The number of carbonyl (C=O) groups is 2. The lowest BCUT2D eigenvalue weighted by molar-refractivity contribution is -0.134. The minimum absolute atomic E-state index is 0.0513. The van der Waals surface area contributed by atoms with Crippen molar-refractivity contribution in [2.75, 3.05) is 19.6 Å². The van der Waals surface area contributed by atoms with Crippen molar-refractivity contribution in [1.82, 2.24) is 10.2 Å². The molecule has 2 unspecified atom stereocenters. The molecule has 0 spiro atoms. The topological polar surface area (TPSA) is 84.7 Å². The van der Waals surface area contributed by atoms with Crippen LogP contribution in [0.25, 0.3) is 0 Å². The summed E-state index contributed by atoms with van der Waals surface area (Å²) in [5.74, 6) is -1.98. The average molecular weight is 443 g/mol. The fraction of sp³-hybridized carbons (Fsp3) is 0.417. The Kier molecular flexibility index (Phi) is 6.69. The fourth-order valence-electron chi connectivity index (χ4n) is 4.25. The Hall–Kier alpha value is -3.00. The highest BCUT2D eigenvalue weighted by Crippen LogP contribution is 2.46. The number of nitrogens with zero attached hydrogens (tertiary/aromatic N) is 1. The molecule has 1 aliphatic heterocycles. The predicted molar refractivity (Wildman–Crippen MR) is 115 cm³/mol. The van der Waals surface area contributed by atoms with E-state index in [0.717, 1.165) is 11.6 Å². The van der Waals surface area contributed by atoms with Crippen molar-refractivity contribution < 1.29 is 23.1 Å². The van der Waals surface area contributed by atoms with E-state index in [9.17, 15) is 18.4 Å². The van der Waals surface area contributed by atoms with Gasteiger partial charge in [-0.2, -0.15) is 0 Å². The van der Waals surface area contributed by atoms with Gasteiger partial charge in [-0.25, -0.2) is 8.78 Å². The fourth-order valence-corrected chi connectivity index (χ4v) is 4.25. The summed E-state index contributed by atoms with van der Waals surface area (Å²) in [6.45, 7) is 1.34. The summed E-state index contributed by atoms with van der Waals surface area (Å²) < 4.78 is 34.1. The first kappa shape index (κ1) is 22.2. The molecule has 0 aromatic heterocycles. The summed E-state index contributed by atoms with van der Waals surface area (Å²) in [5, 5.41) is 3.19. The van der Waals surface area contributed by atoms with E-state index in [0.29, 0.717) is 37.9 Å². The maximum atomic E-state index is 14.5. The SMILES string of the molecule is NC(=O)C1CCN(C(=O)CNC2CC2c2cc(F)cc(F)c2OCc2ccccc2)CC1. The summed E-state index contributed by atoms with van der Waals surface area (Å²) in [7, 11) is 0. The summed E-state index contributed by atoms with van der Waals surface area (Å²) >= 11 is 0. The molecule has 32 heavy (non-hydrogen) atoms. The van der Waals surface area contributed by atoms with E-state index in [4.69, 9.17) is 10.5 Å². The van der Waals surface area contributed by atoms with E-state index in [1.807, 2.05) is 30.3 Å². The third-order valence-corrected chi connectivity index (χ3v) is 6.22. The Morgan fingerprint density at radius 3 is 2.53 bits per heavy atom. The van der Waals surface area contributed by atoms with Gasteiger partial charge in [0.1, 0.15) is 12.4 Å². The van der Waals surface area contributed by atoms with Crippen LogP contribution in [0, 0.1) is 17.6 Å². The first-order valence-electron chi connectivity index (χ1n) is 10.9. The number of nitrogens with two attached hydrogens (primary N) is 1. The maximum Gasteiger partial charge on any atom is 0.236 e. The number of halogens is 2. The predicted octanol–water partition coefficient (Wildman–Crippen LogP) is 2.71. The normalized spacial score (nSPS) is 20.8. The number of hydrogen-bond donors (Lipinski definition) is 2. The second kappa shape index (κ2) is 9.65. The molecule has 2 amide bonds. The number of primary amides is 1. The molecule has 0 radical (unpaired) electrons. The van der Waals surface area contributed by atoms with Crippen LogP contribution in [0.1, 0.15) is 36.3 Å². The lowest BCUT2D eigenvalue weighted by Gasteiger charge is -2.30. The number of benzene rings is 2. The van der Waals surface area contributed by atoms with Gasteiger partial charge in [0.25, 0.3) is 0 Å². The molecular weight excluding hydrogens is 416 g/mol. The Labute approximate surface area is 185 Å². The quantitative estimate of drug-likeness (QED) is 0.657. The first-order chi connectivity index (χ1) is 15.4. The molecule has 2 atom stereocenters. The molecule has 4 rings (SSSR count). The molecular formula is C24H27F2N3O3. The van der Waals surface area contributed by atoms with Gasteiger partial charge in [-0.1, -0.05) is 30.3 Å².